The van der Waals surface area contributed by atoms with Crippen LogP contribution in [-0.4, -0.2) is 48.1 Å². The van der Waals surface area contributed by atoms with E-state index in [4.69, 9.17) is 12.2 Å². The Bertz CT molecular complexity index is 1460. The molecular weight excluding hydrogens is 458 g/mol. The van der Waals surface area contributed by atoms with Gasteiger partial charge in [-0.2, -0.15) is 0 Å². The highest BCUT2D eigenvalue weighted by molar-refractivity contribution is 7.90. The summed E-state index contributed by atoms with van der Waals surface area (Å²) in [4.78, 5) is 38.0. The molecule has 13 heteroatoms. The van der Waals surface area contributed by atoms with Gasteiger partial charge in [0.2, 0.25) is 0 Å². The summed E-state index contributed by atoms with van der Waals surface area (Å²) in [7, 11) is -2.04. The van der Waals surface area contributed by atoms with Crippen molar-refractivity contribution in [2.45, 2.75) is 4.90 Å². The Morgan fingerprint density at radius 1 is 1.22 bits per heavy atom. The van der Waals surface area contributed by atoms with Crippen molar-refractivity contribution in [3.63, 3.8) is 0 Å². The van der Waals surface area contributed by atoms with E-state index in [1.165, 1.54) is 34.9 Å². The summed E-state index contributed by atoms with van der Waals surface area (Å²) in [6, 6.07) is 8.12. The van der Waals surface area contributed by atoms with Crippen LogP contribution in [0.4, 0.5) is 11.4 Å². The minimum Gasteiger partial charge on any atom is -0.378 e. The summed E-state index contributed by atoms with van der Waals surface area (Å²) in [5, 5.41) is 17.1. The van der Waals surface area contributed by atoms with Crippen LogP contribution in [0.2, 0.25) is 0 Å². The van der Waals surface area contributed by atoms with Gasteiger partial charge in [0.15, 0.2) is 14.6 Å². The molecule has 1 aromatic heterocycles. The topological polar surface area (TPSA) is 156 Å². The lowest BCUT2D eigenvalue weighted by molar-refractivity contribution is -0.384. The molecule has 0 saturated carbocycles. The number of sulfone groups is 1. The molecule has 32 heavy (non-hydrogen) atoms. The third kappa shape index (κ3) is 4.84. The molecule has 1 heterocycles. The van der Waals surface area contributed by atoms with Gasteiger partial charge >= 0.3 is 0 Å². The summed E-state index contributed by atoms with van der Waals surface area (Å²) in [5.74, 6) is -0.407. The Kier molecular flexibility index (Phi) is 6.41. The fraction of sp³-hybridized carbons (Fsp3) is 0.211. The maximum Gasteiger partial charge on any atom is 0.293 e. The van der Waals surface area contributed by atoms with E-state index in [0.29, 0.717) is 16.5 Å². The molecular formula is C19H19N5O6S2. The number of nitrogens with zero attached hydrogens (tertiary/aromatic N) is 2. The lowest BCUT2D eigenvalue weighted by Gasteiger charge is -2.10. The van der Waals surface area contributed by atoms with Gasteiger partial charge in [-0.15, -0.1) is 0 Å². The highest BCUT2D eigenvalue weighted by atomic mass is 32.2. The van der Waals surface area contributed by atoms with Crippen molar-refractivity contribution < 1.29 is 18.1 Å². The van der Waals surface area contributed by atoms with Gasteiger partial charge in [0.05, 0.1) is 20.7 Å². The molecule has 0 aliphatic heterocycles. The second-order valence-corrected chi connectivity index (χ2v) is 9.35. The Labute approximate surface area is 187 Å². The van der Waals surface area contributed by atoms with Gasteiger partial charge in [-0.05, 0) is 42.5 Å². The maximum atomic E-state index is 12.4. The number of nitro benzene ring substituents is 1. The van der Waals surface area contributed by atoms with Crippen molar-refractivity contribution in [1.29, 1.82) is 0 Å². The zero-order chi connectivity index (χ0) is 23.6. The van der Waals surface area contributed by atoms with Crippen molar-refractivity contribution in [2.24, 2.45) is 7.05 Å². The van der Waals surface area contributed by atoms with E-state index in [9.17, 15) is 28.1 Å². The van der Waals surface area contributed by atoms with Crippen LogP contribution in [0.25, 0.3) is 10.9 Å². The summed E-state index contributed by atoms with van der Waals surface area (Å²) < 4.78 is 24.7. The van der Waals surface area contributed by atoms with Crippen LogP contribution in [0.5, 0.6) is 0 Å². The normalized spacial score (nSPS) is 11.3. The molecule has 1 amide bonds. The minimum atomic E-state index is -3.59. The van der Waals surface area contributed by atoms with E-state index < -0.39 is 20.7 Å². The van der Waals surface area contributed by atoms with E-state index in [0.717, 1.165) is 12.3 Å². The lowest BCUT2D eigenvalue weighted by atomic mass is 10.1. The summed E-state index contributed by atoms with van der Waals surface area (Å²) in [6.07, 6.45) is 0.965. The predicted molar refractivity (Wildman–Crippen MR) is 121 cm³/mol. The van der Waals surface area contributed by atoms with E-state index in [-0.39, 0.29) is 39.7 Å². The second-order valence-electron chi connectivity index (χ2n) is 6.95. The molecule has 0 fully saturated rings. The fourth-order valence-corrected chi connectivity index (χ4v) is 3.80. The first-order valence-electron chi connectivity index (χ1n) is 9.22. The van der Waals surface area contributed by atoms with Crippen molar-refractivity contribution in [3.05, 3.63) is 67.2 Å². The molecule has 11 nitrogen and oxygen atoms in total. The molecule has 3 aromatic rings. The monoisotopic (exact) mass is 477 g/mol. The van der Waals surface area contributed by atoms with Crippen LogP contribution in [0.15, 0.2) is 46.1 Å². The van der Waals surface area contributed by atoms with Gasteiger partial charge in [0.1, 0.15) is 5.69 Å². The Hall–Kier alpha value is -3.58. The quantitative estimate of drug-likeness (QED) is 0.201. The number of hydrogen-bond donors (Lipinski definition) is 3. The number of hydrogen-bond acceptors (Lipinski definition) is 8. The van der Waals surface area contributed by atoms with Crippen LogP contribution in [-0.2, 0) is 16.9 Å². The van der Waals surface area contributed by atoms with Gasteiger partial charge in [0.25, 0.3) is 17.2 Å². The number of aromatic nitrogens is 2. The number of aromatic amines is 1. The van der Waals surface area contributed by atoms with Crippen LogP contribution in [0, 0.1) is 14.9 Å². The fourth-order valence-electron chi connectivity index (χ4n) is 2.97. The SMILES string of the molecule is Cn1c(=S)[nH]c2cc(C(=O)NCCNc3ccc(S(C)(=O)=O)cc3[N+](=O)[O-])ccc2c1=O. The van der Waals surface area contributed by atoms with Gasteiger partial charge in [0, 0.05) is 38.0 Å². The number of fused-ring (bicyclic) bond motifs is 1. The van der Waals surface area contributed by atoms with Crippen LogP contribution in [0.3, 0.4) is 0 Å². The molecule has 0 aliphatic rings. The van der Waals surface area contributed by atoms with Crippen LogP contribution >= 0.6 is 12.2 Å². The summed E-state index contributed by atoms with van der Waals surface area (Å²) in [5.41, 5.74) is 0.213. The standard InChI is InChI=1S/C19H19N5O6S2/c1-23-18(26)13-5-3-11(9-15(13)22-19(23)31)17(25)21-8-7-20-14-6-4-12(32(2,29)30)10-16(14)24(27)28/h3-6,9-10,20H,7-8H2,1-2H3,(H,21,25)(H,22,31). The number of amides is 1. The average Bonchev–Trinajstić information content (AvgIpc) is 2.73. The molecule has 0 unspecified atom stereocenters. The van der Waals surface area contributed by atoms with E-state index in [1.807, 2.05) is 0 Å². The van der Waals surface area contributed by atoms with E-state index in [1.54, 1.807) is 7.05 Å². The van der Waals surface area contributed by atoms with Crippen molar-refractivity contribution in [3.8, 4) is 0 Å². The largest absolute Gasteiger partial charge is 0.378 e. The Morgan fingerprint density at radius 2 is 1.94 bits per heavy atom. The molecule has 0 spiro atoms. The second kappa shape index (κ2) is 8.88. The van der Waals surface area contributed by atoms with Crippen LogP contribution in [0.1, 0.15) is 10.4 Å². The molecule has 3 rings (SSSR count). The number of carbonyl (C=O) groups excluding carboxylic acids is 1. The number of nitrogens with one attached hydrogen (secondary N) is 3. The molecule has 0 atom stereocenters. The first-order valence-corrected chi connectivity index (χ1v) is 11.5. The number of H-pyrrole nitrogens is 1. The molecule has 2 aromatic carbocycles. The Morgan fingerprint density at radius 3 is 2.59 bits per heavy atom. The van der Waals surface area contributed by atoms with Crippen LogP contribution < -0.4 is 16.2 Å². The van der Waals surface area contributed by atoms with Gasteiger partial charge in [-0.3, -0.25) is 24.3 Å². The number of nitro groups is 1. The first kappa shape index (κ1) is 23.1. The molecule has 0 bridgehead atoms. The number of benzene rings is 2. The van der Waals surface area contributed by atoms with Crippen molar-refractivity contribution in [2.75, 3.05) is 24.7 Å². The number of anilines is 1. The molecule has 168 valence electrons. The highest BCUT2D eigenvalue weighted by Crippen LogP contribution is 2.27. The number of rotatable bonds is 7. The zero-order valence-corrected chi connectivity index (χ0v) is 18.7. The van der Waals surface area contributed by atoms with Crippen molar-refractivity contribution >= 4 is 50.2 Å². The molecule has 3 N–H and O–H groups in total. The molecule has 0 aliphatic carbocycles. The smallest absolute Gasteiger partial charge is 0.293 e. The van der Waals surface area contributed by atoms with Gasteiger partial charge in [-0.1, -0.05) is 0 Å². The zero-order valence-electron chi connectivity index (χ0n) is 17.0. The molecule has 0 radical (unpaired) electrons. The predicted octanol–water partition coefficient (Wildman–Crippen LogP) is 1.75. The van der Waals surface area contributed by atoms with Gasteiger partial charge in [-0.25, -0.2) is 8.42 Å². The lowest BCUT2D eigenvalue weighted by Crippen LogP contribution is -2.29. The Balaban J connectivity index is 1.68. The third-order valence-corrected chi connectivity index (χ3v) is 6.17. The van der Waals surface area contributed by atoms with E-state index in [2.05, 4.69) is 15.6 Å². The third-order valence-electron chi connectivity index (χ3n) is 4.68. The number of carbonyl (C=O) groups is 1. The van der Waals surface area contributed by atoms with Gasteiger partial charge < -0.3 is 15.6 Å². The highest BCUT2D eigenvalue weighted by Gasteiger charge is 2.18. The van der Waals surface area contributed by atoms with E-state index >= 15 is 0 Å². The minimum absolute atomic E-state index is 0.130. The van der Waals surface area contributed by atoms with Crippen molar-refractivity contribution in [1.82, 2.24) is 14.9 Å². The summed E-state index contributed by atoms with van der Waals surface area (Å²) >= 11 is 5.08. The average molecular weight is 478 g/mol. The maximum absolute atomic E-state index is 12.4. The first-order chi connectivity index (χ1) is 15.0. The molecule has 0 saturated heterocycles. The summed E-state index contributed by atoms with van der Waals surface area (Å²) in [6.45, 7) is 0.287.